The molecule has 2 rings (SSSR count). The van der Waals surface area contributed by atoms with Crippen LogP contribution in [0, 0.1) is 5.41 Å². The van der Waals surface area contributed by atoms with Crippen molar-refractivity contribution in [1.82, 2.24) is 5.43 Å². The highest BCUT2D eigenvalue weighted by Crippen LogP contribution is 2.50. The molecule has 1 atom stereocenters. The quantitative estimate of drug-likeness (QED) is 0.609. The van der Waals surface area contributed by atoms with Crippen LogP contribution < -0.4 is 11.3 Å². The number of rotatable bonds is 4. The second-order valence-electron chi connectivity index (χ2n) is 4.54. The van der Waals surface area contributed by atoms with Crippen molar-refractivity contribution >= 4 is 11.3 Å². The molecule has 2 nitrogen and oxygen atoms in total. The molecule has 0 aliphatic heterocycles. The summed E-state index contributed by atoms with van der Waals surface area (Å²) in [6.45, 7) is 2.29. The van der Waals surface area contributed by atoms with Gasteiger partial charge in [-0.15, -0.1) is 11.3 Å². The molecule has 1 heterocycles. The monoisotopic (exact) mass is 224 g/mol. The average Bonchev–Trinajstić information content (AvgIpc) is 2.90. The van der Waals surface area contributed by atoms with Gasteiger partial charge < -0.3 is 0 Å². The molecule has 0 saturated heterocycles. The molecule has 0 radical (unpaired) electrons. The normalized spacial score (nSPS) is 21.7. The van der Waals surface area contributed by atoms with Gasteiger partial charge in [-0.3, -0.25) is 11.3 Å². The Hall–Kier alpha value is -0.380. The number of nitrogens with one attached hydrogen (secondary N) is 1. The highest BCUT2D eigenvalue weighted by Gasteiger charge is 2.40. The van der Waals surface area contributed by atoms with E-state index in [4.69, 9.17) is 5.84 Å². The number of thiophene rings is 1. The van der Waals surface area contributed by atoms with Gasteiger partial charge in [-0.2, -0.15) is 0 Å². The molecular formula is C12H20N2S. The molecule has 1 saturated carbocycles. The number of hydrazine groups is 1. The first-order valence-corrected chi connectivity index (χ1v) is 6.70. The second kappa shape index (κ2) is 4.64. The Bertz CT molecular complexity index is 289. The third kappa shape index (κ3) is 1.96. The molecule has 1 aliphatic rings. The van der Waals surface area contributed by atoms with Crippen LogP contribution in [0.1, 0.15) is 49.9 Å². The minimum atomic E-state index is 0.352. The van der Waals surface area contributed by atoms with Gasteiger partial charge in [0.1, 0.15) is 0 Å². The molecular weight excluding hydrogens is 204 g/mol. The van der Waals surface area contributed by atoms with Gasteiger partial charge in [0.2, 0.25) is 0 Å². The summed E-state index contributed by atoms with van der Waals surface area (Å²) in [5.41, 5.74) is 3.45. The summed E-state index contributed by atoms with van der Waals surface area (Å²) in [6.07, 6.45) is 6.57. The van der Waals surface area contributed by atoms with Gasteiger partial charge in [0.15, 0.2) is 0 Å². The van der Waals surface area contributed by atoms with Gasteiger partial charge in [-0.25, -0.2) is 0 Å². The first-order chi connectivity index (χ1) is 7.32. The molecule has 3 N–H and O–H groups in total. The number of nitrogens with two attached hydrogens (primary N) is 1. The van der Waals surface area contributed by atoms with Crippen molar-refractivity contribution < 1.29 is 0 Å². The predicted molar refractivity (Wildman–Crippen MR) is 65.6 cm³/mol. The molecule has 1 aromatic rings. The molecule has 1 fully saturated rings. The smallest absolute Gasteiger partial charge is 0.0609 e. The van der Waals surface area contributed by atoms with Crippen molar-refractivity contribution in [2.75, 3.05) is 0 Å². The molecule has 15 heavy (non-hydrogen) atoms. The Balaban J connectivity index is 2.24. The lowest BCUT2D eigenvalue weighted by Crippen LogP contribution is -2.39. The van der Waals surface area contributed by atoms with E-state index in [1.165, 1.54) is 37.0 Å². The lowest BCUT2D eigenvalue weighted by molar-refractivity contribution is 0.191. The fourth-order valence-electron chi connectivity index (χ4n) is 2.94. The zero-order valence-corrected chi connectivity index (χ0v) is 10.1. The van der Waals surface area contributed by atoms with Crippen LogP contribution in [0.2, 0.25) is 0 Å². The Kier molecular flexibility index (Phi) is 3.44. The van der Waals surface area contributed by atoms with Crippen LogP contribution in [0.4, 0.5) is 0 Å². The van der Waals surface area contributed by atoms with Crippen LogP contribution in [0.15, 0.2) is 17.5 Å². The van der Waals surface area contributed by atoms with Crippen LogP contribution in [0.5, 0.6) is 0 Å². The number of hydrogen-bond donors (Lipinski definition) is 2. The number of hydrogen-bond acceptors (Lipinski definition) is 3. The average molecular weight is 224 g/mol. The van der Waals surface area contributed by atoms with Crippen molar-refractivity contribution in [2.45, 2.75) is 45.1 Å². The van der Waals surface area contributed by atoms with Crippen molar-refractivity contribution in [2.24, 2.45) is 11.3 Å². The third-order valence-corrected chi connectivity index (χ3v) is 4.85. The molecule has 3 heteroatoms. The Morgan fingerprint density at radius 1 is 1.53 bits per heavy atom. The van der Waals surface area contributed by atoms with E-state index < -0.39 is 0 Å². The molecule has 0 aromatic carbocycles. The standard InChI is InChI=1S/C12H20N2S/c1-2-12(7-3-4-8-12)11(14-13)10-6-5-9-15-10/h5-6,9,11,14H,2-4,7-8,13H2,1H3. The summed E-state index contributed by atoms with van der Waals surface area (Å²) in [4.78, 5) is 1.39. The predicted octanol–water partition coefficient (Wildman–Crippen LogP) is 3.22. The summed E-state index contributed by atoms with van der Waals surface area (Å²) >= 11 is 1.81. The summed E-state index contributed by atoms with van der Waals surface area (Å²) in [6, 6.07) is 4.66. The van der Waals surface area contributed by atoms with E-state index in [0.717, 1.165) is 0 Å². The zero-order chi connectivity index (χ0) is 10.7. The van der Waals surface area contributed by atoms with Crippen molar-refractivity contribution in [1.29, 1.82) is 0 Å². The molecule has 1 aromatic heterocycles. The molecule has 1 aliphatic carbocycles. The van der Waals surface area contributed by atoms with Crippen LogP contribution in [0.3, 0.4) is 0 Å². The molecule has 0 bridgehead atoms. The molecule has 84 valence electrons. The topological polar surface area (TPSA) is 38.0 Å². The lowest BCUT2D eigenvalue weighted by Gasteiger charge is -2.35. The van der Waals surface area contributed by atoms with Gasteiger partial charge >= 0.3 is 0 Å². The van der Waals surface area contributed by atoms with E-state index in [-0.39, 0.29) is 0 Å². The Morgan fingerprint density at radius 2 is 2.27 bits per heavy atom. The van der Waals surface area contributed by atoms with Crippen LogP contribution in [-0.4, -0.2) is 0 Å². The summed E-state index contributed by atoms with van der Waals surface area (Å²) < 4.78 is 0. The summed E-state index contributed by atoms with van der Waals surface area (Å²) in [5.74, 6) is 5.76. The second-order valence-corrected chi connectivity index (χ2v) is 5.52. The Morgan fingerprint density at radius 3 is 2.73 bits per heavy atom. The SMILES string of the molecule is CCC1(C(NN)c2cccs2)CCCC1. The van der Waals surface area contributed by atoms with E-state index >= 15 is 0 Å². The highest BCUT2D eigenvalue weighted by atomic mass is 32.1. The molecule has 0 amide bonds. The first kappa shape index (κ1) is 11.1. The highest BCUT2D eigenvalue weighted by molar-refractivity contribution is 7.10. The fraction of sp³-hybridized carbons (Fsp3) is 0.667. The summed E-state index contributed by atoms with van der Waals surface area (Å²) in [5, 5.41) is 2.14. The van der Waals surface area contributed by atoms with E-state index in [2.05, 4.69) is 29.9 Å². The maximum absolute atomic E-state index is 5.76. The van der Waals surface area contributed by atoms with Gasteiger partial charge in [-0.05, 0) is 36.1 Å². The fourth-order valence-corrected chi connectivity index (χ4v) is 3.87. The van der Waals surface area contributed by atoms with Crippen LogP contribution in [-0.2, 0) is 0 Å². The minimum Gasteiger partial charge on any atom is -0.271 e. The molecule has 1 unspecified atom stereocenters. The van der Waals surface area contributed by atoms with Crippen LogP contribution in [0.25, 0.3) is 0 Å². The Labute approximate surface area is 95.8 Å². The maximum Gasteiger partial charge on any atom is 0.0609 e. The maximum atomic E-state index is 5.76. The lowest BCUT2D eigenvalue weighted by atomic mass is 9.76. The van der Waals surface area contributed by atoms with E-state index in [9.17, 15) is 0 Å². The van der Waals surface area contributed by atoms with E-state index in [1.807, 2.05) is 11.3 Å². The minimum absolute atomic E-state index is 0.352. The third-order valence-electron chi connectivity index (χ3n) is 3.91. The zero-order valence-electron chi connectivity index (χ0n) is 9.33. The van der Waals surface area contributed by atoms with Gasteiger partial charge in [-0.1, -0.05) is 25.8 Å². The van der Waals surface area contributed by atoms with Crippen LogP contribution >= 0.6 is 11.3 Å². The molecule has 0 spiro atoms. The largest absolute Gasteiger partial charge is 0.271 e. The van der Waals surface area contributed by atoms with Gasteiger partial charge in [0, 0.05) is 4.88 Å². The van der Waals surface area contributed by atoms with Gasteiger partial charge in [0.25, 0.3) is 0 Å². The first-order valence-electron chi connectivity index (χ1n) is 5.82. The van der Waals surface area contributed by atoms with Crippen molar-refractivity contribution in [3.8, 4) is 0 Å². The van der Waals surface area contributed by atoms with Gasteiger partial charge in [0.05, 0.1) is 6.04 Å². The van der Waals surface area contributed by atoms with Crippen molar-refractivity contribution in [3.63, 3.8) is 0 Å². The summed E-state index contributed by atoms with van der Waals surface area (Å²) in [7, 11) is 0. The van der Waals surface area contributed by atoms with Crippen molar-refractivity contribution in [3.05, 3.63) is 22.4 Å². The van der Waals surface area contributed by atoms with E-state index in [0.29, 0.717) is 11.5 Å². The van der Waals surface area contributed by atoms with E-state index in [1.54, 1.807) is 0 Å².